The lowest BCUT2D eigenvalue weighted by atomic mass is 10.0. The van der Waals surface area contributed by atoms with Crippen molar-refractivity contribution in [3.05, 3.63) is 45.1 Å². The highest BCUT2D eigenvalue weighted by molar-refractivity contribution is 7.03. The largest absolute Gasteiger partial charge is 0.162 e. The molecule has 0 aliphatic heterocycles. The van der Waals surface area contributed by atoms with E-state index in [0.29, 0.717) is 0 Å². The lowest BCUT2D eigenvalue weighted by molar-refractivity contribution is 0.580. The summed E-state index contributed by atoms with van der Waals surface area (Å²) in [6.45, 7) is 0. The molecule has 0 unspecified atom stereocenters. The normalized spacial score (nSPS) is 26.1. The van der Waals surface area contributed by atoms with Crippen molar-refractivity contribution in [1.29, 1.82) is 0 Å². The summed E-state index contributed by atoms with van der Waals surface area (Å²) in [4.78, 5) is 0. The Labute approximate surface area is 258 Å². The molecule has 4 aliphatic rings. The van der Waals surface area contributed by atoms with Crippen molar-refractivity contribution in [2.24, 2.45) is 0 Å². The van der Waals surface area contributed by atoms with E-state index in [2.05, 4.69) is 24.3 Å². The number of hydrogen-bond acceptors (Lipinski definition) is 0. The Kier molecular flexibility index (Phi) is 16.3. The van der Waals surface area contributed by atoms with Crippen LogP contribution in [-0.4, -0.2) is 8.07 Å². The van der Waals surface area contributed by atoms with E-state index in [-0.39, 0.29) is 0 Å². The van der Waals surface area contributed by atoms with Gasteiger partial charge in [-0.1, -0.05) is 148 Å². The molecule has 0 aromatic carbocycles. The highest BCUT2D eigenvalue weighted by Gasteiger charge is 2.45. The zero-order valence-electron chi connectivity index (χ0n) is 27.4. The van der Waals surface area contributed by atoms with E-state index >= 15 is 0 Å². The summed E-state index contributed by atoms with van der Waals surface area (Å²) < 4.78 is 0. The maximum absolute atomic E-state index is 2.91. The molecule has 232 valence electrons. The first kappa shape index (κ1) is 33.1. The Bertz CT molecular complexity index is 697. The lowest BCUT2D eigenvalue weighted by Crippen LogP contribution is -2.46. The molecule has 41 heavy (non-hydrogen) atoms. The van der Waals surface area contributed by atoms with Gasteiger partial charge < -0.3 is 0 Å². The lowest BCUT2D eigenvalue weighted by Gasteiger charge is -2.43. The summed E-state index contributed by atoms with van der Waals surface area (Å²) in [6.07, 6.45) is 57.4. The van der Waals surface area contributed by atoms with E-state index in [1.54, 1.807) is 0 Å². The average molecular weight is 577 g/mol. The molecule has 0 bridgehead atoms. The van der Waals surface area contributed by atoms with E-state index in [1.165, 1.54) is 205 Å². The van der Waals surface area contributed by atoms with Gasteiger partial charge in [-0.3, -0.25) is 0 Å². The maximum atomic E-state index is 2.91. The van der Waals surface area contributed by atoms with Crippen LogP contribution in [0.3, 0.4) is 0 Å². The van der Waals surface area contributed by atoms with Crippen LogP contribution in [0.2, 0.25) is 0 Å². The number of hydrogen-bond donors (Lipinski definition) is 0. The number of rotatable bonds is 4. The van der Waals surface area contributed by atoms with Crippen molar-refractivity contribution >= 4 is 8.07 Å². The smallest absolute Gasteiger partial charge is 0.0882 e. The monoisotopic (exact) mass is 577 g/mol. The molecule has 0 amide bonds. The van der Waals surface area contributed by atoms with Crippen molar-refractivity contribution in [2.45, 2.75) is 205 Å². The summed E-state index contributed by atoms with van der Waals surface area (Å²) in [5.41, 5.74) is 0. The molecule has 0 N–H and O–H groups in total. The third-order valence-electron chi connectivity index (χ3n) is 11.1. The van der Waals surface area contributed by atoms with Crippen LogP contribution >= 0.6 is 0 Å². The molecule has 0 saturated carbocycles. The minimum atomic E-state index is -2.12. The molecule has 0 heterocycles. The zero-order chi connectivity index (χ0) is 28.3. The molecule has 0 nitrogen and oxygen atoms in total. The molecule has 0 aromatic heterocycles. The van der Waals surface area contributed by atoms with Crippen molar-refractivity contribution in [3.8, 4) is 0 Å². The molecule has 0 aromatic rings. The summed E-state index contributed by atoms with van der Waals surface area (Å²) in [5, 5.41) is 8.03. The molecular formula is C40H68Si. The quantitative estimate of drug-likeness (QED) is 0.292. The number of allylic oxidation sites excluding steroid dienone is 8. The van der Waals surface area contributed by atoms with Gasteiger partial charge in [0.1, 0.15) is 0 Å². The molecule has 0 fully saturated rings. The van der Waals surface area contributed by atoms with Gasteiger partial charge in [-0.25, -0.2) is 0 Å². The van der Waals surface area contributed by atoms with Gasteiger partial charge in [-0.05, 0) is 103 Å². The summed E-state index contributed by atoms with van der Waals surface area (Å²) in [6, 6.07) is 0. The predicted molar refractivity (Wildman–Crippen MR) is 186 cm³/mol. The Balaban J connectivity index is 1.91. The topological polar surface area (TPSA) is 0 Å². The van der Waals surface area contributed by atoms with Crippen molar-refractivity contribution in [1.82, 2.24) is 0 Å². The van der Waals surface area contributed by atoms with Crippen LogP contribution in [0.1, 0.15) is 205 Å². The van der Waals surface area contributed by atoms with Gasteiger partial charge in [0.2, 0.25) is 0 Å². The molecule has 4 aliphatic carbocycles. The minimum absolute atomic E-state index is 1.35. The third-order valence-corrected chi connectivity index (χ3v) is 16.8. The van der Waals surface area contributed by atoms with E-state index in [0.717, 1.165) is 0 Å². The summed E-state index contributed by atoms with van der Waals surface area (Å²) in [5.74, 6) is 0. The van der Waals surface area contributed by atoms with Crippen molar-refractivity contribution in [3.63, 3.8) is 0 Å². The highest BCUT2D eigenvalue weighted by atomic mass is 28.3. The van der Waals surface area contributed by atoms with Crippen LogP contribution in [0, 0.1) is 0 Å². The average Bonchev–Trinajstić information content (AvgIpc) is 3.01. The van der Waals surface area contributed by atoms with Crippen LogP contribution in [0.4, 0.5) is 0 Å². The first-order valence-electron chi connectivity index (χ1n) is 19.2. The van der Waals surface area contributed by atoms with Crippen LogP contribution in [0.25, 0.3) is 0 Å². The fraction of sp³-hybridized carbons (Fsp3) is 0.800. The molecule has 0 radical (unpaired) electrons. The standard InChI is InChI=1S/C40H68Si/c1-5-13-21-29-37(30-22-14-6-1)41(38-31-23-15-7-2-8-16-24-32-38,39-33-25-17-9-3-10-18-26-34-39)40-35-27-19-11-4-12-20-28-36-40/h29,31,33,35H,1-28,30,32,34,36H2. The SMILES string of the molecule is C1=C([Si](C2=CCCCCCCCC2)(C2=CCCCCCCCC2)C2=CCCCCCCCC2)CCCCCCCC1. The maximum Gasteiger partial charge on any atom is 0.162 e. The Hall–Kier alpha value is -0.823. The van der Waals surface area contributed by atoms with Crippen molar-refractivity contribution < 1.29 is 0 Å². The second kappa shape index (κ2) is 20.2. The second-order valence-electron chi connectivity index (χ2n) is 14.3. The van der Waals surface area contributed by atoms with E-state index < -0.39 is 8.07 Å². The van der Waals surface area contributed by atoms with Gasteiger partial charge in [0.25, 0.3) is 0 Å². The van der Waals surface area contributed by atoms with Gasteiger partial charge in [0.05, 0.1) is 0 Å². The molecule has 1 heteroatoms. The van der Waals surface area contributed by atoms with Crippen LogP contribution in [-0.2, 0) is 0 Å². The zero-order valence-corrected chi connectivity index (χ0v) is 28.4. The molecule has 4 rings (SSSR count). The van der Waals surface area contributed by atoms with E-state index in [4.69, 9.17) is 0 Å². The fourth-order valence-corrected chi connectivity index (χ4v) is 15.3. The molecular weight excluding hydrogens is 509 g/mol. The van der Waals surface area contributed by atoms with E-state index in [9.17, 15) is 0 Å². The highest BCUT2D eigenvalue weighted by Crippen LogP contribution is 2.47. The Morgan fingerprint density at radius 3 is 0.683 bits per heavy atom. The van der Waals surface area contributed by atoms with Gasteiger partial charge in [-0.2, -0.15) is 0 Å². The summed E-state index contributed by atoms with van der Waals surface area (Å²) >= 11 is 0. The van der Waals surface area contributed by atoms with Gasteiger partial charge in [0.15, 0.2) is 8.07 Å². The molecule has 0 atom stereocenters. The van der Waals surface area contributed by atoms with Crippen molar-refractivity contribution in [2.75, 3.05) is 0 Å². The van der Waals surface area contributed by atoms with Gasteiger partial charge in [-0.15, -0.1) is 0 Å². The second-order valence-corrected chi connectivity index (χ2v) is 18.4. The fourth-order valence-electron chi connectivity index (χ4n) is 8.78. The Morgan fingerprint density at radius 1 is 0.244 bits per heavy atom. The van der Waals surface area contributed by atoms with E-state index in [1.807, 2.05) is 20.8 Å². The third kappa shape index (κ3) is 10.7. The van der Waals surface area contributed by atoms with Crippen LogP contribution < -0.4 is 0 Å². The van der Waals surface area contributed by atoms with Crippen LogP contribution in [0.15, 0.2) is 45.1 Å². The van der Waals surface area contributed by atoms with Gasteiger partial charge in [0, 0.05) is 0 Å². The summed E-state index contributed by atoms with van der Waals surface area (Å²) in [7, 11) is -2.12. The predicted octanol–water partition coefficient (Wildman–Crippen LogP) is 13.8. The first-order valence-corrected chi connectivity index (χ1v) is 21.2. The molecule has 0 saturated heterocycles. The minimum Gasteiger partial charge on any atom is -0.0882 e. The first-order chi connectivity index (χ1) is 20.4. The van der Waals surface area contributed by atoms with Gasteiger partial charge >= 0.3 is 0 Å². The van der Waals surface area contributed by atoms with Crippen LogP contribution in [0.5, 0.6) is 0 Å². The molecule has 0 spiro atoms. The Morgan fingerprint density at radius 2 is 0.439 bits per heavy atom.